The third-order valence-corrected chi connectivity index (χ3v) is 2.03. The molecule has 3 N–H and O–H groups in total. The van der Waals surface area contributed by atoms with Crippen molar-refractivity contribution >= 4 is 23.4 Å². The summed E-state index contributed by atoms with van der Waals surface area (Å²) in [4.78, 5) is 20.7. The van der Waals surface area contributed by atoms with Gasteiger partial charge in [0.2, 0.25) is 5.91 Å². The van der Waals surface area contributed by atoms with E-state index in [0.29, 0.717) is 12.1 Å². The summed E-state index contributed by atoms with van der Waals surface area (Å²) in [5, 5.41) is 13.2. The second kappa shape index (κ2) is 5.64. The number of carbonyl (C=O) groups excluding carboxylic acids is 1. The molecule has 6 nitrogen and oxygen atoms in total. The third-order valence-electron chi connectivity index (χ3n) is 2.03. The standard InChI is InChI=1S/C11H13N3O3/c1-8(15)13-6-2-3-9-4-5-10(12)11(7-9)14(16)17/h2-5,7H,6,12H2,1H3,(H,13,15). The summed E-state index contributed by atoms with van der Waals surface area (Å²) in [6, 6.07) is 4.54. The average Bonchev–Trinajstić information content (AvgIpc) is 2.25. The molecule has 0 aromatic heterocycles. The van der Waals surface area contributed by atoms with Gasteiger partial charge in [0.15, 0.2) is 0 Å². The molecule has 0 spiro atoms. The molecule has 1 aromatic rings. The van der Waals surface area contributed by atoms with Gasteiger partial charge in [0, 0.05) is 19.5 Å². The number of hydrogen-bond donors (Lipinski definition) is 2. The summed E-state index contributed by atoms with van der Waals surface area (Å²) in [5.74, 6) is -0.127. The number of amides is 1. The largest absolute Gasteiger partial charge is 0.393 e. The van der Waals surface area contributed by atoms with Crippen molar-refractivity contribution < 1.29 is 9.72 Å². The minimum atomic E-state index is -0.527. The molecule has 0 unspecified atom stereocenters. The van der Waals surface area contributed by atoms with Crippen molar-refractivity contribution in [2.75, 3.05) is 12.3 Å². The summed E-state index contributed by atoms with van der Waals surface area (Å²) in [7, 11) is 0. The topological polar surface area (TPSA) is 98.3 Å². The van der Waals surface area contributed by atoms with E-state index in [1.54, 1.807) is 18.2 Å². The minimum absolute atomic E-state index is 0.119. The number of nitrogens with two attached hydrogens (primary N) is 1. The maximum atomic E-state index is 10.6. The Morgan fingerprint density at radius 1 is 1.59 bits per heavy atom. The van der Waals surface area contributed by atoms with Crippen LogP contribution in [-0.4, -0.2) is 17.4 Å². The quantitative estimate of drug-likeness (QED) is 0.467. The van der Waals surface area contributed by atoms with Crippen LogP contribution in [0.2, 0.25) is 0 Å². The second-order valence-electron chi connectivity index (χ2n) is 3.41. The van der Waals surface area contributed by atoms with Crippen LogP contribution in [0, 0.1) is 10.1 Å². The first-order valence-electron chi connectivity index (χ1n) is 4.95. The molecular weight excluding hydrogens is 222 g/mol. The van der Waals surface area contributed by atoms with Gasteiger partial charge in [-0.1, -0.05) is 18.2 Å². The first-order chi connectivity index (χ1) is 8.00. The van der Waals surface area contributed by atoms with Crippen LogP contribution < -0.4 is 11.1 Å². The number of anilines is 1. The van der Waals surface area contributed by atoms with Crippen molar-refractivity contribution in [1.82, 2.24) is 5.32 Å². The molecule has 0 aliphatic carbocycles. The van der Waals surface area contributed by atoms with Gasteiger partial charge in [-0.25, -0.2) is 0 Å². The molecule has 0 fully saturated rings. The van der Waals surface area contributed by atoms with Crippen molar-refractivity contribution in [2.45, 2.75) is 6.92 Å². The number of benzene rings is 1. The SMILES string of the molecule is CC(=O)NCC=Cc1ccc(N)c([N+](=O)[O-])c1. The van der Waals surface area contributed by atoms with Gasteiger partial charge in [-0.15, -0.1) is 0 Å². The molecule has 0 saturated heterocycles. The number of hydrogen-bond acceptors (Lipinski definition) is 4. The van der Waals surface area contributed by atoms with Crippen molar-refractivity contribution in [1.29, 1.82) is 0 Å². The Morgan fingerprint density at radius 2 is 2.29 bits per heavy atom. The number of nitrogens with one attached hydrogen (secondary N) is 1. The maximum absolute atomic E-state index is 10.6. The number of nitro benzene ring substituents is 1. The molecule has 90 valence electrons. The smallest absolute Gasteiger partial charge is 0.292 e. The number of rotatable bonds is 4. The average molecular weight is 235 g/mol. The molecule has 6 heteroatoms. The van der Waals surface area contributed by atoms with E-state index in [2.05, 4.69) is 5.32 Å². The zero-order valence-electron chi connectivity index (χ0n) is 9.34. The lowest BCUT2D eigenvalue weighted by Crippen LogP contribution is -2.19. The van der Waals surface area contributed by atoms with E-state index in [-0.39, 0.29) is 17.3 Å². The fourth-order valence-electron chi connectivity index (χ4n) is 1.22. The Morgan fingerprint density at radius 3 is 2.88 bits per heavy atom. The second-order valence-corrected chi connectivity index (χ2v) is 3.41. The fraction of sp³-hybridized carbons (Fsp3) is 0.182. The van der Waals surface area contributed by atoms with Crippen molar-refractivity contribution in [3.8, 4) is 0 Å². The molecule has 1 amide bonds. The molecule has 0 aliphatic rings. The van der Waals surface area contributed by atoms with Crippen LogP contribution in [-0.2, 0) is 4.79 Å². The third kappa shape index (κ3) is 3.94. The highest BCUT2D eigenvalue weighted by Crippen LogP contribution is 2.22. The van der Waals surface area contributed by atoms with Gasteiger partial charge in [0.1, 0.15) is 5.69 Å². The molecular formula is C11H13N3O3. The fourth-order valence-corrected chi connectivity index (χ4v) is 1.22. The molecule has 0 saturated carbocycles. The highest BCUT2D eigenvalue weighted by molar-refractivity contribution is 5.73. The Kier molecular flexibility index (Phi) is 4.21. The van der Waals surface area contributed by atoms with E-state index < -0.39 is 4.92 Å². The highest BCUT2D eigenvalue weighted by atomic mass is 16.6. The minimum Gasteiger partial charge on any atom is -0.393 e. The van der Waals surface area contributed by atoms with Crippen molar-refractivity contribution in [3.05, 3.63) is 40.0 Å². The molecule has 0 aliphatic heterocycles. The molecule has 0 atom stereocenters. The molecule has 1 aromatic carbocycles. The Hall–Kier alpha value is -2.37. The van der Waals surface area contributed by atoms with Crippen LogP contribution in [0.4, 0.5) is 11.4 Å². The van der Waals surface area contributed by atoms with Crippen LogP contribution >= 0.6 is 0 Å². The van der Waals surface area contributed by atoms with E-state index in [4.69, 9.17) is 5.73 Å². The lowest BCUT2D eigenvalue weighted by atomic mass is 10.1. The Balaban J connectivity index is 2.75. The van der Waals surface area contributed by atoms with Gasteiger partial charge in [-0.05, 0) is 11.6 Å². The summed E-state index contributed by atoms with van der Waals surface area (Å²) in [5.41, 5.74) is 6.14. The van der Waals surface area contributed by atoms with Crippen LogP contribution in [0.25, 0.3) is 6.08 Å². The summed E-state index contributed by atoms with van der Waals surface area (Å²) < 4.78 is 0. The number of nitro groups is 1. The summed E-state index contributed by atoms with van der Waals surface area (Å²) >= 11 is 0. The van der Waals surface area contributed by atoms with Gasteiger partial charge in [0.05, 0.1) is 4.92 Å². The van der Waals surface area contributed by atoms with Crippen LogP contribution in [0.1, 0.15) is 12.5 Å². The van der Waals surface area contributed by atoms with Crippen LogP contribution in [0.5, 0.6) is 0 Å². The van der Waals surface area contributed by atoms with Crippen LogP contribution in [0.15, 0.2) is 24.3 Å². The predicted molar refractivity (Wildman–Crippen MR) is 65.2 cm³/mol. The molecule has 0 bridgehead atoms. The van der Waals surface area contributed by atoms with E-state index >= 15 is 0 Å². The number of nitrogens with zero attached hydrogens (tertiary/aromatic N) is 1. The van der Waals surface area contributed by atoms with E-state index in [0.717, 1.165) is 0 Å². The monoisotopic (exact) mass is 235 g/mol. The van der Waals surface area contributed by atoms with E-state index in [9.17, 15) is 14.9 Å². The number of carbonyl (C=O) groups is 1. The Bertz CT molecular complexity index is 469. The molecule has 17 heavy (non-hydrogen) atoms. The van der Waals surface area contributed by atoms with Gasteiger partial charge < -0.3 is 11.1 Å². The van der Waals surface area contributed by atoms with Gasteiger partial charge in [-0.3, -0.25) is 14.9 Å². The first kappa shape index (κ1) is 12.7. The molecule has 0 radical (unpaired) electrons. The lowest BCUT2D eigenvalue weighted by molar-refractivity contribution is -0.383. The zero-order valence-corrected chi connectivity index (χ0v) is 9.34. The maximum Gasteiger partial charge on any atom is 0.292 e. The molecule has 1 rings (SSSR count). The predicted octanol–water partition coefficient (Wildman–Crippen LogP) is 1.33. The zero-order chi connectivity index (χ0) is 12.8. The summed E-state index contributed by atoms with van der Waals surface area (Å²) in [6.45, 7) is 1.80. The van der Waals surface area contributed by atoms with Gasteiger partial charge >= 0.3 is 0 Å². The van der Waals surface area contributed by atoms with Gasteiger partial charge in [0.25, 0.3) is 5.69 Å². The molecule has 0 heterocycles. The number of nitrogen functional groups attached to an aromatic ring is 1. The highest BCUT2D eigenvalue weighted by Gasteiger charge is 2.10. The van der Waals surface area contributed by atoms with E-state index in [1.165, 1.54) is 19.1 Å². The first-order valence-corrected chi connectivity index (χ1v) is 4.95. The summed E-state index contributed by atoms with van der Waals surface area (Å²) in [6.07, 6.45) is 3.39. The van der Waals surface area contributed by atoms with Crippen LogP contribution in [0.3, 0.4) is 0 Å². The lowest BCUT2D eigenvalue weighted by Gasteiger charge is -1.99. The Labute approximate surface area is 98.3 Å². The van der Waals surface area contributed by atoms with E-state index in [1.807, 2.05) is 0 Å². The van der Waals surface area contributed by atoms with Gasteiger partial charge in [-0.2, -0.15) is 0 Å². The normalized spacial score (nSPS) is 10.4. The van der Waals surface area contributed by atoms with Crippen molar-refractivity contribution in [2.24, 2.45) is 0 Å². The van der Waals surface area contributed by atoms with Crippen molar-refractivity contribution in [3.63, 3.8) is 0 Å².